The van der Waals surface area contributed by atoms with Gasteiger partial charge in [-0.1, -0.05) is 36.8 Å². The lowest BCUT2D eigenvalue weighted by atomic mass is 10.0. The van der Waals surface area contributed by atoms with Crippen molar-refractivity contribution >= 4 is 35.4 Å². The minimum Gasteiger partial charge on any atom is -0.497 e. The van der Waals surface area contributed by atoms with Crippen LogP contribution in [-0.2, 0) is 14.3 Å². The van der Waals surface area contributed by atoms with Crippen LogP contribution in [-0.4, -0.2) is 53.6 Å². The van der Waals surface area contributed by atoms with Crippen molar-refractivity contribution in [2.24, 2.45) is 0 Å². The molecule has 0 radical (unpaired) electrons. The molecule has 0 saturated carbocycles. The second kappa shape index (κ2) is 13.4. The molecule has 2 unspecified atom stereocenters. The van der Waals surface area contributed by atoms with Crippen molar-refractivity contribution in [1.29, 1.82) is 0 Å². The number of amides is 3. The van der Waals surface area contributed by atoms with Crippen molar-refractivity contribution in [1.82, 2.24) is 10.2 Å². The molecule has 0 aliphatic heterocycles. The van der Waals surface area contributed by atoms with Crippen molar-refractivity contribution in [2.45, 2.75) is 44.9 Å². The van der Waals surface area contributed by atoms with Crippen LogP contribution in [0.25, 0.3) is 0 Å². The molecule has 0 fully saturated rings. The monoisotopic (exact) mass is 511 g/mol. The molecule has 192 valence electrons. The molecule has 36 heavy (non-hydrogen) atoms. The Labute approximate surface area is 217 Å². The van der Waals surface area contributed by atoms with Gasteiger partial charge < -0.3 is 20.1 Å². The molecule has 3 amide bonds. The summed E-state index contributed by atoms with van der Waals surface area (Å²) < 4.78 is 10.5. The third-order valence-electron chi connectivity index (χ3n) is 4.96. The zero-order valence-corrected chi connectivity index (χ0v) is 22.1. The zero-order chi connectivity index (χ0) is 26.7. The predicted molar refractivity (Wildman–Crippen MR) is 143 cm³/mol. The molecule has 2 aromatic carbocycles. The van der Waals surface area contributed by atoms with E-state index in [0.29, 0.717) is 29.2 Å². The molecular formula is C27H33N3O5S. The fourth-order valence-electron chi connectivity index (χ4n) is 3.31. The lowest BCUT2D eigenvalue weighted by Crippen LogP contribution is -2.51. The number of carbonyl (C=O) groups excluding carboxylic acids is 3. The summed E-state index contributed by atoms with van der Waals surface area (Å²) in [7, 11) is 1.55. The zero-order valence-electron chi connectivity index (χ0n) is 21.2. The van der Waals surface area contributed by atoms with E-state index < -0.39 is 35.6 Å². The van der Waals surface area contributed by atoms with Gasteiger partial charge in [-0.2, -0.15) is 11.8 Å². The molecular weight excluding hydrogens is 478 g/mol. The Kier molecular flexibility index (Phi) is 10.7. The van der Waals surface area contributed by atoms with E-state index in [4.69, 9.17) is 15.9 Å². The fourth-order valence-corrected chi connectivity index (χ4v) is 3.79. The number of hydrogen-bond donors (Lipinski definition) is 2. The van der Waals surface area contributed by atoms with Gasteiger partial charge in [0.05, 0.1) is 7.11 Å². The van der Waals surface area contributed by atoms with Gasteiger partial charge >= 0.3 is 6.09 Å². The summed E-state index contributed by atoms with van der Waals surface area (Å²) in [5.41, 5.74) is 0.293. The van der Waals surface area contributed by atoms with Crippen LogP contribution in [0.3, 0.4) is 0 Å². The highest BCUT2D eigenvalue weighted by molar-refractivity contribution is 7.98. The van der Waals surface area contributed by atoms with E-state index in [0.717, 1.165) is 4.90 Å². The van der Waals surface area contributed by atoms with Crippen molar-refractivity contribution in [2.75, 3.05) is 24.4 Å². The number of anilines is 1. The summed E-state index contributed by atoms with van der Waals surface area (Å²) in [5.74, 6) is 0.131. The van der Waals surface area contributed by atoms with Gasteiger partial charge in [-0.25, -0.2) is 4.79 Å². The lowest BCUT2D eigenvalue weighted by molar-refractivity contribution is -0.136. The van der Waals surface area contributed by atoms with E-state index in [2.05, 4.69) is 16.7 Å². The van der Waals surface area contributed by atoms with Crippen molar-refractivity contribution in [3.63, 3.8) is 0 Å². The summed E-state index contributed by atoms with van der Waals surface area (Å²) in [5, 5.41) is 5.44. The molecule has 0 heterocycles. The average Bonchev–Trinajstić information content (AvgIpc) is 2.84. The predicted octanol–water partition coefficient (Wildman–Crippen LogP) is 4.44. The van der Waals surface area contributed by atoms with Crippen LogP contribution in [0.2, 0.25) is 0 Å². The molecule has 2 N–H and O–H groups in total. The number of nitrogens with one attached hydrogen (secondary N) is 2. The minimum atomic E-state index is -1.14. The molecule has 8 nitrogen and oxygen atoms in total. The molecule has 0 saturated heterocycles. The van der Waals surface area contributed by atoms with Gasteiger partial charge in [-0.3, -0.25) is 14.5 Å². The topological polar surface area (TPSA) is 97.0 Å². The first-order valence-electron chi connectivity index (χ1n) is 11.4. The van der Waals surface area contributed by atoms with Gasteiger partial charge in [0.1, 0.15) is 23.4 Å². The summed E-state index contributed by atoms with van der Waals surface area (Å²) >= 11 is 1.52. The summed E-state index contributed by atoms with van der Waals surface area (Å²) in [4.78, 5) is 40.6. The Morgan fingerprint density at radius 2 is 1.72 bits per heavy atom. The van der Waals surface area contributed by atoms with Crippen LogP contribution in [0, 0.1) is 12.5 Å². The maximum Gasteiger partial charge on any atom is 0.408 e. The molecule has 0 aromatic heterocycles. The molecule has 2 aromatic rings. The van der Waals surface area contributed by atoms with Crippen LogP contribution >= 0.6 is 11.8 Å². The number of thioether (sulfide) groups is 1. The summed E-state index contributed by atoms with van der Waals surface area (Å²) in [6.07, 6.45) is 7.25. The Balaban J connectivity index is 2.37. The van der Waals surface area contributed by atoms with Crippen LogP contribution in [0.5, 0.6) is 5.75 Å². The quantitative estimate of drug-likeness (QED) is 0.362. The first kappa shape index (κ1) is 28.6. The van der Waals surface area contributed by atoms with Crippen molar-refractivity contribution < 1.29 is 23.9 Å². The maximum atomic E-state index is 13.6. The van der Waals surface area contributed by atoms with Gasteiger partial charge in [-0.15, -0.1) is 0 Å². The number of hydrogen-bond acceptors (Lipinski definition) is 6. The third kappa shape index (κ3) is 8.54. The molecule has 9 heteroatoms. The number of nitrogens with zero attached hydrogens (tertiary/aromatic N) is 1. The fraction of sp³-hybridized carbons (Fsp3) is 0.370. The third-order valence-corrected chi connectivity index (χ3v) is 5.60. The first-order valence-corrected chi connectivity index (χ1v) is 12.8. The van der Waals surface area contributed by atoms with Crippen LogP contribution < -0.4 is 15.4 Å². The average molecular weight is 512 g/mol. The smallest absolute Gasteiger partial charge is 0.408 e. The van der Waals surface area contributed by atoms with Gasteiger partial charge in [0.15, 0.2) is 0 Å². The number of rotatable bonds is 10. The number of ether oxygens (including phenoxy) is 2. The molecule has 2 rings (SSSR count). The largest absolute Gasteiger partial charge is 0.497 e. The number of benzene rings is 2. The van der Waals surface area contributed by atoms with Gasteiger partial charge in [0, 0.05) is 11.7 Å². The van der Waals surface area contributed by atoms with E-state index in [9.17, 15) is 14.4 Å². The van der Waals surface area contributed by atoms with E-state index in [1.807, 2.05) is 6.26 Å². The normalized spacial score (nSPS) is 12.4. The second-order valence-electron chi connectivity index (χ2n) is 8.85. The Morgan fingerprint density at radius 3 is 2.25 bits per heavy atom. The Hall–Kier alpha value is -3.64. The van der Waals surface area contributed by atoms with Crippen molar-refractivity contribution in [3.8, 4) is 18.2 Å². The van der Waals surface area contributed by atoms with Gasteiger partial charge in [0.25, 0.3) is 11.8 Å². The van der Waals surface area contributed by atoms with E-state index >= 15 is 0 Å². The van der Waals surface area contributed by atoms with Gasteiger partial charge in [-0.05, 0) is 69.0 Å². The summed E-state index contributed by atoms with van der Waals surface area (Å²) in [6, 6.07) is 15.8. The number of methoxy groups -OCH3 is 1. The van der Waals surface area contributed by atoms with E-state index in [1.54, 1.807) is 82.5 Å². The standard InChI is InChI=1S/C27H33N3O5S/c1-7-30(25(32)22(17-18-36-6)29-26(33)35-27(2,3)4)23(19-11-9-8-10-12-19)24(31)28-20-13-15-21(34-5)16-14-20/h1,8-16,22-23H,17-18H2,2-6H3,(H,28,31)(H,29,33). The highest BCUT2D eigenvalue weighted by Gasteiger charge is 2.35. The second-order valence-corrected chi connectivity index (χ2v) is 9.83. The minimum absolute atomic E-state index is 0.305. The Morgan fingerprint density at radius 1 is 1.08 bits per heavy atom. The number of terminal acetylenes is 1. The molecule has 0 spiro atoms. The maximum absolute atomic E-state index is 13.6. The Bertz CT molecular complexity index is 1060. The summed E-state index contributed by atoms with van der Waals surface area (Å²) in [6.45, 7) is 5.19. The highest BCUT2D eigenvalue weighted by atomic mass is 32.2. The lowest BCUT2D eigenvalue weighted by Gasteiger charge is -2.30. The van der Waals surface area contributed by atoms with Crippen LogP contribution in [0.1, 0.15) is 38.8 Å². The molecule has 0 aliphatic rings. The van der Waals surface area contributed by atoms with E-state index in [1.165, 1.54) is 11.8 Å². The van der Waals surface area contributed by atoms with Crippen LogP contribution in [0.4, 0.5) is 10.5 Å². The highest BCUT2D eigenvalue weighted by Crippen LogP contribution is 2.25. The van der Waals surface area contributed by atoms with Crippen molar-refractivity contribution in [3.05, 3.63) is 60.2 Å². The number of alkyl carbamates (subject to hydrolysis) is 1. The first-order chi connectivity index (χ1) is 17.1. The number of carbonyl (C=O) groups is 3. The van der Waals surface area contributed by atoms with Gasteiger partial charge in [0.2, 0.25) is 0 Å². The SMILES string of the molecule is C#CN(C(=O)C(CCSC)NC(=O)OC(C)(C)C)C(C(=O)Nc1ccc(OC)cc1)c1ccccc1. The molecule has 2 atom stereocenters. The molecule has 0 aliphatic carbocycles. The molecule has 0 bridgehead atoms. The van der Waals surface area contributed by atoms with E-state index in [-0.39, 0.29) is 0 Å². The van der Waals surface area contributed by atoms with Crippen LogP contribution in [0.15, 0.2) is 54.6 Å².